The zero-order chi connectivity index (χ0) is 13.0. The Morgan fingerprint density at radius 1 is 1.33 bits per heavy atom. The summed E-state index contributed by atoms with van der Waals surface area (Å²) in [5.41, 5.74) is 7.30. The van der Waals surface area contributed by atoms with Crippen LogP contribution in [0.1, 0.15) is 18.7 Å². The molecule has 96 valence electrons. The van der Waals surface area contributed by atoms with E-state index in [-0.39, 0.29) is 6.04 Å². The topological polar surface area (TPSA) is 43.8 Å². The fraction of sp³-hybridized carbons (Fsp3) is 0.308. The highest BCUT2D eigenvalue weighted by Gasteiger charge is 2.11. The van der Waals surface area contributed by atoms with Crippen molar-refractivity contribution in [3.05, 3.63) is 46.7 Å². The number of halogens is 1. The summed E-state index contributed by atoms with van der Waals surface area (Å²) in [6.45, 7) is 2.93. The monoisotopic (exact) mass is 325 g/mol. The smallest absolute Gasteiger partial charge is 0.0562 e. The highest BCUT2D eigenvalue weighted by atomic mass is 79.9. The molecule has 0 amide bonds. The molecule has 1 unspecified atom stereocenters. The Labute approximate surface area is 120 Å². The number of nitrogens with two attached hydrogens (primary N) is 1. The van der Waals surface area contributed by atoms with Crippen LogP contribution >= 0.6 is 27.7 Å². The van der Waals surface area contributed by atoms with Gasteiger partial charge in [0.05, 0.1) is 11.7 Å². The highest BCUT2D eigenvalue weighted by Crippen LogP contribution is 2.24. The van der Waals surface area contributed by atoms with E-state index in [4.69, 9.17) is 5.73 Å². The first-order valence-corrected chi connectivity index (χ1v) is 7.64. The fourth-order valence-corrected chi connectivity index (χ4v) is 2.86. The van der Waals surface area contributed by atoms with E-state index in [0.29, 0.717) is 0 Å². The van der Waals surface area contributed by atoms with E-state index in [0.717, 1.165) is 22.5 Å². The molecule has 0 spiro atoms. The molecule has 1 aromatic carbocycles. The minimum Gasteiger partial charge on any atom is -0.322 e. The van der Waals surface area contributed by atoms with Crippen LogP contribution in [0.25, 0.3) is 0 Å². The van der Waals surface area contributed by atoms with Gasteiger partial charge >= 0.3 is 0 Å². The molecule has 1 atom stereocenters. The molecule has 1 heterocycles. The van der Waals surface area contributed by atoms with Gasteiger partial charge < -0.3 is 5.73 Å². The molecule has 3 nitrogen and oxygen atoms in total. The summed E-state index contributed by atoms with van der Waals surface area (Å²) in [7, 11) is 0. The molecule has 0 aliphatic heterocycles. The maximum absolute atomic E-state index is 6.20. The van der Waals surface area contributed by atoms with Gasteiger partial charge in [0.15, 0.2) is 0 Å². The molecular formula is C13H16BrN3S. The van der Waals surface area contributed by atoms with Crippen molar-refractivity contribution in [3.8, 4) is 0 Å². The average Bonchev–Trinajstić information content (AvgIpc) is 2.86. The van der Waals surface area contributed by atoms with Crippen LogP contribution in [0.5, 0.6) is 0 Å². The van der Waals surface area contributed by atoms with Crippen molar-refractivity contribution in [2.24, 2.45) is 5.73 Å². The summed E-state index contributed by atoms with van der Waals surface area (Å²) in [5.74, 6) is 0.854. The predicted molar refractivity (Wildman–Crippen MR) is 79.7 cm³/mol. The van der Waals surface area contributed by atoms with Crippen LogP contribution in [-0.2, 0) is 6.54 Å². The molecule has 2 N–H and O–H groups in total. The Kier molecular flexibility index (Phi) is 4.86. The molecule has 2 rings (SSSR count). The number of benzene rings is 1. The maximum atomic E-state index is 6.20. The first-order chi connectivity index (χ1) is 8.70. The second kappa shape index (κ2) is 6.41. The number of rotatable bonds is 5. The first kappa shape index (κ1) is 13.6. The van der Waals surface area contributed by atoms with Crippen molar-refractivity contribution in [1.82, 2.24) is 9.78 Å². The second-order valence-electron chi connectivity index (χ2n) is 3.94. The minimum absolute atomic E-state index is 0.0149. The SMILES string of the molecule is CCn1nccc1C(N)CSc1ccc(Br)cc1. The van der Waals surface area contributed by atoms with E-state index in [2.05, 4.69) is 40.1 Å². The Balaban J connectivity index is 1.96. The number of thioether (sulfide) groups is 1. The highest BCUT2D eigenvalue weighted by molar-refractivity contribution is 9.10. The lowest BCUT2D eigenvalue weighted by atomic mass is 10.2. The summed E-state index contributed by atoms with van der Waals surface area (Å²) in [4.78, 5) is 1.23. The standard InChI is InChI=1S/C13H16BrN3S/c1-2-17-13(7-8-16-17)12(15)9-18-11-5-3-10(14)4-6-11/h3-8,12H,2,9,15H2,1H3. The molecule has 0 fully saturated rings. The second-order valence-corrected chi connectivity index (χ2v) is 5.95. The molecule has 0 bridgehead atoms. The first-order valence-electron chi connectivity index (χ1n) is 5.86. The summed E-state index contributed by atoms with van der Waals surface area (Å²) >= 11 is 5.20. The van der Waals surface area contributed by atoms with Gasteiger partial charge in [-0.1, -0.05) is 15.9 Å². The molecule has 0 radical (unpaired) electrons. The van der Waals surface area contributed by atoms with Gasteiger partial charge in [0, 0.05) is 27.9 Å². The van der Waals surface area contributed by atoms with E-state index in [1.165, 1.54) is 4.90 Å². The number of nitrogens with zero attached hydrogens (tertiary/aromatic N) is 2. The van der Waals surface area contributed by atoms with E-state index in [1.807, 2.05) is 29.1 Å². The van der Waals surface area contributed by atoms with Crippen LogP contribution in [0, 0.1) is 0 Å². The normalized spacial score (nSPS) is 12.6. The lowest BCUT2D eigenvalue weighted by molar-refractivity contribution is 0.593. The van der Waals surface area contributed by atoms with Gasteiger partial charge in [0.2, 0.25) is 0 Å². The van der Waals surface area contributed by atoms with Gasteiger partial charge in [0.1, 0.15) is 0 Å². The number of hydrogen-bond donors (Lipinski definition) is 1. The van der Waals surface area contributed by atoms with E-state index in [1.54, 1.807) is 11.8 Å². The Hall–Kier alpha value is -0.780. The Bertz CT molecular complexity index is 495. The molecule has 0 aliphatic rings. The fourth-order valence-electron chi connectivity index (χ4n) is 1.72. The third-order valence-corrected chi connectivity index (χ3v) is 4.33. The maximum Gasteiger partial charge on any atom is 0.0562 e. The molecule has 5 heteroatoms. The van der Waals surface area contributed by atoms with Crippen molar-refractivity contribution in [2.45, 2.75) is 24.4 Å². The van der Waals surface area contributed by atoms with Crippen molar-refractivity contribution >= 4 is 27.7 Å². The van der Waals surface area contributed by atoms with Crippen molar-refractivity contribution in [1.29, 1.82) is 0 Å². The van der Waals surface area contributed by atoms with Gasteiger partial charge in [-0.2, -0.15) is 5.10 Å². The van der Waals surface area contributed by atoms with Crippen LogP contribution < -0.4 is 5.73 Å². The third kappa shape index (κ3) is 3.37. The van der Waals surface area contributed by atoms with Gasteiger partial charge in [-0.05, 0) is 37.3 Å². The van der Waals surface area contributed by atoms with Gasteiger partial charge in [-0.15, -0.1) is 11.8 Å². The Morgan fingerprint density at radius 3 is 2.72 bits per heavy atom. The molecule has 0 aliphatic carbocycles. The number of aryl methyl sites for hydroxylation is 1. The quantitative estimate of drug-likeness (QED) is 0.856. The van der Waals surface area contributed by atoms with Crippen LogP contribution in [0.3, 0.4) is 0 Å². The zero-order valence-electron chi connectivity index (χ0n) is 10.2. The molecule has 18 heavy (non-hydrogen) atoms. The van der Waals surface area contributed by atoms with Crippen molar-refractivity contribution in [2.75, 3.05) is 5.75 Å². The Morgan fingerprint density at radius 2 is 2.06 bits per heavy atom. The van der Waals surface area contributed by atoms with Crippen LogP contribution in [0.15, 0.2) is 45.9 Å². The van der Waals surface area contributed by atoms with E-state index < -0.39 is 0 Å². The summed E-state index contributed by atoms with van der Waals surface area (Å²) in [6, 6.07) is 10.3. The third-order valence-electron chi connectivity index (χ3n) is 2.67. The largest absolute Gasteiger partial charge is 0.322 e. The van der Waals surface area contributed by atoms with Crippen LogP contribution in [0.2, 0.25) is 0 Å². The minimum atomic E-state index is 0.0149. The van der Waals surface area contributed by atoms with E-state index in [9.17, 15) is 0 Å². The van der Waals surface area contributed by atoms with E-state index >= 15 is 0 Å². The molecule has 2 aromatic rings. The summed E-state index contributed by atoms with van der Waals surface area (Å²) in [5, 5.41) is 4.24. The van der Waals surface area contributed by atoms with Crippen LogP contribution in [0.4, 0.5) is 0 Å². The predicted octanol–water partition coefficient (Wildman–Crippen LogP) is 3.46. The number of aromatic nitrogens is 2. The molecule has 1 aromatic heterocycles. The summed E-state index contributed by atoms with van der Waals surface area (Å²) < 4.78 is 3.05. The molecule has 0 saturated carbocycles. The van der Waals surface area contributed by atoms with Gasteiger partial charge in [-0.3, -0.25) is 4.68 Å². The molecule has 0 saturated heterocycles. The van der Waals surface area contributed by atoms with Gasteiger partial charge in [0.25, 0.3) is 0 Å². The number of hydrogen-bond acceptors (Lipinski definition) is 3. The van der Waals surface area contributed by atoms with Crippen molar-refractivity contribution < 1.29 is 0 Å². The average molecular weight is 326 g/mol. The van der Waals surface area contributed by atoms with Crippen molar-refractivity contribution in [3.63, 3.8) is 0 Å². The lowest BCUT2D eigenvalue weighted by Crippen LogP contribution is -2.18. The molecular weight excluding hydrogens is 310 g/mol. The lowest BCUT2D eigenvalue weighted by Gasteiger charge is -2.13. The van der Waals surface area contributed by atoms with Crippen LogP contribution in [-0.4, -0.2) is 15.5 Å². The summed E-state index contributed by atoms with van der Waals surface area (Å²) in [6.07, 6.45) is 1.81. The zero-order valence-corrected chi connectivity index (χ0v) is 12.6. The van der Waals surface area contributed by atoms with Gasteiger partial charge in [-0.25, -0.2) is 0 Å².